The van der Waals surface area contributed by atoms with Crippen LogP contribution in [0.4, 0.5) is 5.82 Å². The molecule has 3 heteroatoms. The lowest BCUT2D eigenvalue weighted by molar-refractivity contribution is 0.734. The van der Waals surface area contributed by atoms with Crippen LogP contribution in [-0.4, -0.2) is 16.5 Å². The molecule has 0 aliphatic heterocycles. The highest BCUT2D eigenvalue weighted by Gasteiger charge is 2.21. The Labute approximate surface area is 59.9 Å². The van der Waals surface area contributed by atoms with Crippen LogP contribution in [0.2, 0.25) is 0 Å². The predicted octanol–water partition coefficient (Wildman–Crippen LogP) is 1.06. The van der Waals surface area contributed by atoms with E-state index < -0.39 is 0 Å². The Morgan fingerprint density at radius 2 is 2.60 bits per heavy atom. The third-order valence-corrected chi connectivity index (χ3v) is 1.69. The Kier molecular flexibility index (Phi) is 1.34. The Hall–Kier alpha value is -0.990. The van der Waals surface area contributed by atoms with E-state index in [0.717, 1.165) is 18.3 Å². The Bertz CT molecular complexity index is 189. The van der Waals surface area contributed by atoms with Gasteiger partial charge in [0.15, 0.2) is 5.82 Å². The van der Waals surface area contributed by atoms with Gasteiger partial charge in [0.2, 0.25) is 0 Å². The normalized spacial score (nSPS) is 17.2. The highest BCUT2D eigenvalue weighted by molar-refractivity contribution is 5.19. The van der Waals surface area contributed by atoms with Crippen molar-refractivity contribution in [2.75, 3.05) is 6.54 Å². The molecular weight excluding hydrogens is 126 g/mol. The van der Waals surface area contributed by atoms with Crippen LogP contribution < -0.4 is 5.32 Å². The van der Waals surface area contributed by atoms with Gasteiger partial charge in [0.25, 0.3) is 0 Å². The smallest absolute Gasteiger partial charge is 0.165 e. The van der Waals surface area contributed by atoms with Gasteiger partial charge in [-0.25, -0.2) is 4.98 Å². The predicted molar refractivity (Wildman–Crippen MR) is 38.0 cm³/mol. The quantitative estimate of drug-likeness (QED) is 0.663. The Morgan fingerprint density at radius 1 is 1.70 bits per heavy atom. The van der Waals surface area contributed by atoms with Crippen LogP contribution in [-0.2, 0) is 0 Å². The summed E-state index contributed by atoms with van der Waals surface area (Å²) in [5.41, 5.74) is 0. The summed E-state index contributed by atoms with van der Waals surface area (Å²) in [6.07, 6.45) is 6.19. The number of aromatic nitrogens is 2. The molecule has 1 N–H and O–H groups in total. The van der Waals surface area contributed by atoms with E-state index in [0.29, 0.717) is 0 Å². The van der Waals surface area contributed by atoms with Gasteiger partial charge in [0.05, 0.1) is 6.33 Å². The SMILES string of the molecule is c1nc([N]CC2CC2)c[nH]1. The van der Waals surface area contributed by atoms with Crippen LogP contribution in [0.15, 0.2) is 12.5 Å². The second kappa shape index (κ2) is 2.33. The fraction of sp³-hybridized carbons (Fsp3) is 0.571. The molecule has 1 aromatic heterocycles. The zero-order valence-electron chi connectivity index (χ0n) is 5.75. The van der Waals surface area contributed by atoms with E-state index in [2.05, 4.69) is 15.3 Å². The second-order valence-electron chi connectivity index (χ2n) is 2.71. The molecule has 1 saturated carbocycles. The van der Waals surface area contributed by atoms with Crippen molar-refractivity contribution in [3.05, 3.63) is 12.5 Å². The molecule has 1 fully saturated rings. The van der Waals surface area contributed by atoms with Gasteiger partial charge in [0, 0.05) is 12.7 Å². The third kappa shape index (κ3) is 1.29. The van der Waals surface area contributed by atoms with Gasteiger partial charge in [-0.3, -0.25) is 5.32 Å². The van der Waals surface area contributed by atoms with Gasteiger partial charge < -0.3 is 4.98 Å². The minimum Gasteiger partial charge on any atom is -0.349 e. The number of imidazole rings is 1. The van der Waals surface area contributed by atoms with Crippen molar-refractivity contribution in [1.29, 1.82) is 0 Å². The molecule has 0 unspecified atom stereocenters. The van der Waals surface area contributed by atoms with Gasteiger partial charge in [0.1, 0.15) is 0 Å². The van der Waals surface area contributed by atoms with Gasteiger partial charge in [-0.1, -0.05) is 0 Å². The molecule has 0 atom stereocenters. The van der Waals surface area contributed by atoms with Gasteiger partial charge in [-0.2, -0.15) is 0 Å². The summed E-state index contributed by atoms with van der Waals surface area (Å²) in [6, 6.07) is 0. The maximum atomic E-state index is 4.29. The standard InChI is InChI=1S/C7H10N3/c1-2-6(1)3-9-7-4-8-5-10-7/h4-6H,1-3H2,(H,8,10). The van der Waals surface area contributed by atoms with E-state index in [9.17, 15) is 0 Å². The molecule has 0 aromatic carbocycles. The number of H-pyrrole nitrogens is 1. The van der Waals surface area contributed by atoms with E-state index in [1.54, 1.807) is 6.33 Å². The van der Waals surface area contributed by atoms with Crippen molar-refractivity contribution >= 4 is 5.82 Å². The third-order valence-electron chi connectivity index (χ3n) is 1.69. The molecule has 1 aliphatic rings. The first-order chi connectivity index (χ1) is 4.95. The van der Waals surface area contributed by atoms with Gasteiger partial charge in [-0.15, -0.1) is 0 Å². The van der Waals surface area contributed by atoms with Crippen LogP contribution in [0.3, 0.4) is 0 Å². The molecule has 1 heterocycles. The number of nitrogens with one attached hydrogen (secondary N) is 1. The fourth-order valence-corrected chi connectivity index (χ4v) is 0.862. The van der Waals surface area contributed by atoms with E-state index in [1.807, 2.05) is 6.20 Å². The van der Waals surface area contributed by atoms with Crippen LogP contribution >= 0.6 is 0 Å². The molecule has 53 valence electrons. The Balaban J connectivity index is 1.79. The number of hydrogen-bond acceptors (Lipinski definition) is 1. The molecular formula is C7H10N3. The summed E-state index contributed by atoms with van der Waals surface area (Å²) in [5.74, 6) is 1.70. The Morgan fingerprint density at radius 3 is 3.20 bits per heavy atom. The summed E-state index contributed by atoms with van der Waals surface area (Å²) in [6.45, 7) is 0.963. The fourth-order valence-electron chi connectivity index (χ4n) is 0.862. The van der Waals surface area contributed by atoms with E-state index >= 15 is 0 Å². The average Bonchev–Trinajstić information content (AvgIpc) is 2.63. The molecule has 0 bridgehead atoms. The zero-order valence-corrected chi connectivity index (χ0v) is 5.75. The molecule has 2 rings (SSSR count). The largest absolute Gasteiger partial charge is 0.349 e. The molecule has 1 radical (unpaired) electrons. The van der Waals surface area contributed by atoms with Gasteiger partial charge in [-0.05, 0) is 18.8 Å². The van der Waals surface area contributed by atoms with Crippen molar-refractivity contribution < 1.29 is 0 Å². The monoisotopic (exact) mass is 136 g/mol. The van der Waals surface area contributed by atoms with Crippen molar-refractivity contribution in [3.63, 3.8) is 0 Å². The van der Waals surface area contributed by atoms with E-state index in [4.69, 9.17) is 0 Å². The summed E-state index contributed by atoms with van der Waals surface area (Å²) in [7, 11) is 0. The highest BCUT2D eigenvalue weighted by Crippen LogP contribution is 2.28. The first-order valence-corrected chi connectivity index (χ1v) is 3.61. The van der Waals surface area contributed by atoms with Crippen molar-refractivity contribution in [3.8, 4) is 0 Å². The van der Waals surface area contributed by atoms with Crippen molar-refractivity contribution in [2.24, 2.45) is 5.92 Å². The number of nitrogens with zero attached hydrogens (tertiary/aromatic N) is 2. The molecule has 0 spiro atoms. The number of aromatic amines is 1. The topological polar surface area (TPSA) is 42.8 Å². The molecule has 1 aliphatic carbocycles. The maximum Gasteiger partial charge on any atom is 0.165 e. The molecule has 0 amide bonds. The molecule has 0 saturated heterocycles. The molecule has 10 heavy (non-hydrogen) atoms. The zero-order chi connectivity index (χ0) is 6.81. The number of hydrogen-bond donors (Lipinski definition) is 1. The highest BCUT2D eigenvalue weighted by atomic mass is 15.0. The average molecular weight is 136 g/mol. The minimum absolute atomic E-state index is 0.840. The van der Waals surface area contributed by atoms with Crippen LogP contribution in [0.25, 0.3) is 0 Å². The maximum absolute atomic E-state index is 4.29. The summed E-state index contributed by atoms with van der Waals surface area (Å²) in [5, 5.41) is 4.29. The summed E-state index contributed by atoms with van der Waals surface area (Å²) >= 11 is 0. The lowest BCUT2D eigenvalue weighted by atomic mass is 10.4. The van der Waals surface area contributed by atoms with Crippen LogP contribution in [0.5, 0.6) is 0 Å². The van der Waals surface area contributed by atoms with Gasteiger partial charge >= 0.3 is 0 Å². The summed E-state index contributed by atoms with van der Waals surface area (Å²) < 4.78 is 0. The lowest BCUT2D eigenvalue weighted by Gasteiger charge is -1.93. The van der Waals surface area contributed by atoms with Crippen LogP contribution in [0.1, 0.15) is 12.8 Å². The van der Waals surface area contributed by atoms with E-state index in [-0.39, 0.29) is 0 Å². The molecule has 1 aromatic rings. The first-order valence-electron chi connectivity index (χ1n) is 3.61. The van der Waals surface area contributed by atoms with Crippen molar-refractivity contribution in [1.82, 2.24) is 15.3 Å². The minimum atomic E-state index is 0.840. The lowest BCUT2D eigenvalue weighted by Crippen LogP contribution is -2.01. The second-order valence-corrected chi connectivity index (χ2v) is 2.71. The van der Waals surface area contributed by atoms with E-state index in [1.165, 1.54) is 12.8 Å². The van der Waals surface area contributed by atoms with Crippen molar-refractivity contribution in [2.45, 2.75) is 12.8 Å². The van der Waals surface area contributed by atoms with Crippen LogP contribution in [0, 0.1) is 5.92 Å². The first kappa shape index (κ1) is 5.77. The molecule has 3 nitrogen and oxygen atoms in total. The number of rotatable bonds is 3. The summed E-state index contributed by atoms with van der Waals surface area (Å²) in [4.78, 5) is 6.86.